The molecule has 55 heavy (non-hydrogen) atoms. The molecule has 1 aromatic heterocycles. The molecule has 1 saturated heterocycles. The van der Waals surface area contributed by atoms with Gasteiger partial charge < -0.3 is 28.6 Å². The first-order valence-electron chi connectivity index (χ1n) is 18.4. The highest BCUT2D eigenvalue weighted by Gasteiger charge is 2.32. The Kier molecular flexibility index (Phi) is 12.2. The Morgan fingerprint density at radius 1 is 0.782 bits per heavy atom. The quantitative estimate of drug-likeness (QED) is 0.134. The van der Waals surface area contributed by atoms with E-state index in [1.165, 1.54) is 17.7 Å². The summed E-state index contributed by atoms with van der Waals surface area (Å²) in [6.07, 6.45) is 1.25. The Balaban J connectivity index is 1.21. The molecule has 12 heteroatoms. The number of rotatable bonds is 13. The molecule has 292 valence electrons. The molecule has 2 aliphatic heterocycles. The van der Waals surface area contributed by atoms with Crippen molar-refractivity contribution >= 4 is 11.4 Å². The molecule has 0 aliphatic carbocycles. The maximum atomic E-state index is 13.6. The number of pyridine rings is 1. The molecule has 4 aromatic rings. The number of likely N-dealkylation sites (tertiary alicyclic amines) is 1. The number of nitrogens with zero attached hydrogens (tertiary/aromatic N) is 4. The number of halogens is 3. The van der Waals surface area contributed by atoms with E-state index < -0.39 is 11.7 Å². The van der Waals surface area contributed by atoms with Crippen molar-refractivity contribution in [2.24, 2.45) is 10.9 Å². The largest absolute Gasteiger partial charge is 0.493 e. The van der Waals surface area contributed by atoms with Crippen LogP contribution in [0, 0.1) is 12.8 Å². The summed E-state index contributed by atoms with van der Waals surface area (Å²) in [5, 5.41) is 0. The zero-order chi connectivity index (χ0) is 39.3. The van der Waals surface area contributed by atoms with E-state index in [4.69, 9.17) is 28.7 Å². The van der Waals surface area contributed by atoms with Gasteiger partial charge in [-0.05, 0) is 109 Å². The average Bonchev–Trinajstić information content (AvgIpc) is 3.20. The molecule has 1 atom stereocenters. The van der Waals surface area contributed by atoms with Gasteiger partial charge in [-0.2, -0.15) is 13.2 Å². The predicted molar refractivity (Wildman–Crippen MR) is 209 cm³/mol. The highest BCUT2D eigenvalue weighted by Crippen LogP contribution is 2.40. The Bertz CT molecular complexity index is 2000. The van der Waals surface area contributed by atoms with Crippen molar-refractivity contribution in [1.82, 2.24) is 9.88 Å². The maximum absolute atomic E-state index is 13.6. The van der Waals surface area contributed by atoms with Crippen molar-refractivity contribution in [3.63, 3.8) is 0 Å². The topological polar surface area (TPSA) is 77.9 Å². The summed E-state index contributed by atoms with van der Waals surface area (Å²) in [5.41, 5.74) is 6.73. The first-order valence-corrected chi connectivity index (χ1v) is 18.4. The number of alkyl halides is 3. The van der Waals surface area contributed by atoms with Gasteiger partial charge >= 0.3 is 6.18 Å². The summed E-state index contributed by atoms with van der Waals surface area (Å²) in [6.45, 7) is 7.83. The van der Waals surface area contributed by atoms with Gasteiger partial charge in [0, 0.05) is 61.8 Å². The third-order valence-corrected chi connectivity index (χ3v) is 10.5. The van der Waals surface area contributed by atoms with E-state index in [1.807, 2.05) is 43.3 Å². The van der Waals surface area contributed by atoms with Crippen LogP contribution in [0.4, 0.5) is 18.9 Å². The van der Waals surface area contributed by atoms with Gasteiger partial charge in [-0.3, -0.25) is 14.9 Å². The molecule has 2 aliphatic rings. The Labute approximate surface area is 321 Å². The molecule has 0 spiro atoms. The van der Waals surface area contributed by atoms with Crippen molar-refractivity contribution < 1.29 is 36.9 Å². The lowest BCUT2D eigenvalue weighted by atomic mass is 9.92. The number of aryl methyl sites for hydroxylation is 1. The highest BCUT2D eigenvalue weighted by atomic mass is 19.4. The number of allylic oxidation sites excluding steroid dienone is 1. The molecule has 0 N–H and O–H groups in total. The minimum atomic E-state index is -4.41. The van der Waals surface area contributed by atoms with Gasteiger partial charge in [0.1, 0.15) is 0 Å². The van der Waals surface area contributed by atoms with Crippen LogP contribution in [0.15, 0.2) is 83.5 Å². The molecule has 1 unspecified atom stereocenters. The van der Waals surface area contributed by atoms with Crippen LogP contribution in [0.1, 0.15) is 42.0 Å². The standard InChI is InChI=1S/C43H49F3N4O5/c1-27-18-30(21-38(51-3)41(27)54-6)36-19-29(12-15-47-36)25-50(34-10-8-33(9-11-34)43(44,45)46)35-13-16-49(17-14-35)26-32-20-37(48-24-28(32)2)31-22-39(52-4)42(55-7)40(23-31)53-5/h8-12,15,18-23,28,35H,13-14,16-17,24-26H2,1-7H3. The smallest absolute Gasteiger partial charge is 0.416 e. The van der Waals surface area contributed by atoms with Crippen LogP contribution >= 0.6 is 0 Å². The van der Waals surface area contributed by atoms with Crippen molar-refractivity contribution in [3.05, 3.63) is 101 Å². The summed E-state index contributed by atoms with van der Waals surface area (Å²) in [7, 11) is 8.01. The van der Waals surface area contributed by atoms with Crippen LogP contribution < -0.4 is 28.6 Å². The second-order valence-electron chi connectivity index (χ2n) is 14.0. The van der Waals surface area contributed by atoms with E-state index in [9.17, 15) is 13.2 Å². The molecule has 3 heterocycles. The van der Waals surface area contributed by atoms with Crippen molar-refractivity contribution in [1.29, 1.82) is 0 Å². The number of dihydropyridines is 1. The molecule has 0 amide bonds. The Hall–Kier alpha value is -5.23. The van der Waals surface area contributed by atoms with Crippen LogP contribution in [0.25, 0.3) is 11.3 Å². The second kappa shape index (κ2) is 17.1. The number of hydrogen-bond acceptors (Lipinski definition) is 9. The van der Waals surface area contributed by atoms with E-state index in [2.05, 4.69) is 27.8 Å². The third kappa shape index (κ3) is 8.85. The number of anilines is 1. The number of ether oxygens (including phenoxy) is 5. The van der Waals surface area contributed by atoms with Gasteiger partial charge in [0.2, 0.25) is 5.75 Å². The van der Waals surface area contributed by atoms with E-state index in [-0.39, 0.29) is 12.0 Å². The first kappa shape index (κ1) is 39.5. The Morgan fingerprint density at radius 2 is 1.40 bits per heavy atom. The average molecular weight is 759 g/mol. The minimum Gasteiger partial charge on any atom is -0.493 e. The summed E-state index contributed by atoms with van der Waals surface area (Å²) in [5.74, 6) is 3.25. The van der Waals surface area contributed by atoms with E-state index in [0.717, 1.165) is 71.8 Å². The number of hydrogen-bond donors (Lipinski definition) is 0. The van der Waals surface area contributed by atoms with E-state index in [0.29, 0.717) is 41.8 Å². The fourth-order valence-electron chi connectivity index (χ4n) is 7.47. The van der Waals surface area contributed by atoms with Gasteiger partial charge in [0.25, 0.3) is 0 Å². The fourth-order valence-corrected chi connectivity index (χ4v) is 7.47. The summed E-state index contributed by atoms with van der Waals surface area (Å²) in [6, 6.07) is 17.4. The van der Waals surface area contributed by atoms with Crippen LogP contribution in [0.3, 0.4) is 0 Å². The maximum Gasteiger partial charge on any atom is 0.416 e. The molecule has 0 saturated carbocycles. The van der Waals surface area contributed by atoms with Gasteiger partial charge in [-0.25, -0.2) is 0 Å². The van der Waals surface area contributed by atoms with Crippen LogP contribution in [-0.4, -0.2) is 83.4 Å². The summed E-state index contributed by atoms with van der Waals surface area (Å²) in [4.78, 5) is 14.2. The van der Waals surface area contributed by atoms with Crippen molar-refractivity contribution in [3.8, 4) is 40.0 Å². The normalized spacial score (nSPS) is 16.6. The van der Waals surface area contributed by atoms with Gasteiger partial charge in [-0.1, -0.05) is 6.92 Å². The molecule has 3 aromatic carbocycles. The van der Waals surface area contributed by atoms with Gasteiger partial charge in [0.15, 0.2) is 23.0 Å². The van der Waals surface area contributed by atoms with Gasteiger partial charge in [-0.15, -0.1) is 0 Å². The third-order valence-electron chi connectivity index (χ3n) is 10.5. The van der Waals surface area contributed by atoms with E-state index in [1.54, 1.807) is 53.9 Å². The number of aromatic nitrogens is 1. The number of aliphatic imine (C=N–C) groups is 1. The van der Waals surface area contributed by atoms with Crippen LogP contribution in [-0.2, 0) is 12.7 Å². The lowest BCUT2D eigenvalue weighted by Gasteiger charge is -2.40. The molecular weight excluding hydrogens is 709 g/mol. The van der Waals surface area contributed by atoms with Crippen molar-refractivity contribution in [2.45, 2.75) is 45.5 Å². The monoisotopic (exact) mass is 758 g/mol. The number of methoxy groups -OCH3 is 5. The molecular formula is C43H49F3N4O5. The summed E-state index contributed by atoms with van der Waals surface area (Å²) >= 11 is 0. The molecule has 1 fully saturated rings. The fraction of sp³-hybridized carbons (Fsp3) is 0.395. The molecule has 0 bridgehead atoms. The number of benzene rings is 3. The zero-order valence-electron chi connectivity index (χ0n) is 32.5. The van der Waals surface area contributed by atoms with Gasteiger partial charge in [0.05, 0.1) is 52.5 Å². The minimum absolute atomic E-state index is 0.113. The summed E-state index contributed by atoms with van der Waals surface area (Å²) < 4.78 is 68.5. The van der Waals surface area contributed by atoms with E-state index >= 15 is 0 Å². The SMILES string of the molecule is COc1cc(-c2cc(CN(c3ccc(C(F)(F)F)cc3)C3CCN(CC4=CC(c5cc(OC)c(OC)c(OC)c5)=NCC4C)CC3)ccn2)cc(C)c1OC. The van der Waals surface area contributed by atoms with Crippen LogP contribution in [0.2, 0.25) is 0 Å². The lowest BCUT2D eigenvalue weighted by Crippen LogP contribution is -2.45. The number of piperidine rings is 1. The first-order chi connectivity index (χ1) is 26.5. The van der Waals surface area contributed by atoms with Crippen LogP contribution in [0.5, 0.6) is 28.7 Å². The van der Waals surface area contributed by atoms with Crippen molar-refractivity contribution in [2.75, 3.05) is 66.6 Å². The zero-order valence-corrected chi connectivity index (χ0v) is 32.5. The molecule has 6 rings (SSSR count). The highest BCUT2D eigenvalue weighted by molar-refractivity contribution is 6.10. The lowest BCUT2D eigenvalue weighted by molar-refractivity contribution is -0.137. The Morgan fingerprint density at radius 3 is 2.00 bits per heavy atom. The molecule has 9 nitrogen and oxygen atoms in total. The second-order valence-corrected chi connectivity index (χ2v) is 14.0. The predicted octanol–water partition coefficient (Wildman–Crippen LogP) is 8.66. The molecule has 0 radical (unpaired) electrons.